The van der Waals surface area contributed by atoms with Crippen molar-refractivity contribution in [2.75, 3.05) is 30.9 Å². The first kappa shape index (κ1) is 23.9. The van der Waals surface area contributed by atoms with Gasteiger partial charge in [0.1, 0.15) is 5.82 Å². The molecule has 0 saturated carbocycles. The van der Waals surface area contributed by atoms with Crippen LogP contribution in [0.2, 0.25) is 0 Å². The predicted octanol–water partition coefficient (Wildman–Crippen LogP) is 4.28. The zero-order valence-corrected chi connectivity index (χ0v) is 19.9. The first-order valence-corrected chi connectivity index (χ1v) is 12.7. The van der Waals surface area contributed by atoms with Gasteiger partial charge in [0, 0.05) is 38.3 Å². The van der Waals surface area contributed by atoms with Crippen molar-refractivity contribution in [2.24, 2.45) is 0 Å². The van der Waals surface area contributed by atoms with E-state index >= 15 is 0 Å². The molecule has 34 heavy (non-hydrogen) atoms. The number of anilines is 1. The Morgan fingerprint density at radius 1 is 0.912 bits per heavy atom. The van der Waals surface area contributed by atoms with E-state index in [1.807, 2.05) is 4.90 Å². The van der Waals surface area contributed by atoms with Crippen LogP contribution >= 0.6 is 0 Å². The molecule has 0 aliphatic carbocycles. The molecular weight excluding hydrogens is 453 g/mol. The van der Waals surface area contributed by atoms with E-state index in [1.165, 1.54) is 53.6 Å². The number of hydrogen-bond acceptors (Lipinski definition) is 4. The summed E-state index contributed by atoms with van der Waals surface area (Å²) in [6, 6.07) is 19.8. The Morgan fingerprint density at radius 2 is 1.62 bits per heavy atom. The molecule has 3 aromatic rings. The van der Waals surface area contributed by atoms with Crippen LogP contribution in [0.4, 0.5) is 10.1 Å². The summed E-state index contributed by atoms with van der Waals surface area (Å²) in [5.41, 5.74) is 2.80. The first-order chi connectivity index (χ1) is 16.3. The smallest absolute Gasteiger partial charge is 0.261 e. The van der Waals surface area contributed by atoms with Crippen molar-refractivity contribution in [3.8, 4) is 0 Å². The molecule has 0 atom stereocenters. The second-order valence-electron chi connectivity index (χ2n) is 8.52. The predicted molar refractivity (Wildman–Crippen MR) is 131 cm³/mol. The van der Waals surface area contributed by atoms with Gasteiger partial charge < -0.3 is 4.90 Å². The molecule has 1 N–H and O–H groups in total. The molecule has 4 rings (SSSR count). The molecule has 1 fully saturated rings. The number of para-hydroxylation sites is 1. The fourth-order valence-electron chi connectivity index (χ4n) is 3.99. The minimum Gasteiger partial charge on any atom is -0.337 e. The van der Waals surface area contributed by atoms with Crippen molar-refractivity contribution >= 4 is 21.6 Å². The van der Waals surface area contributed by atoms with Crippen LogP contribution in [-0.2, 0) is 16.6 Å². The Bertz CT molecular complexity index is 1250. The zero-order valence-electron chi connectivity index (χ0n) is 19.1. The standard InChI is InChI=1S/C26H28FN3O3S/c1-20-7-9-21(10-8-20)19-29-15-4-16-30(18-17-29)26(31)22-11-13-23(14-12-22)34(32,33)28-25-6-3-2-5-24(25)27/h2-3,5-14,28H,4,15-19H2,1H3. The minimum absolute atomic E-state index is 0.0348. The van der Waals surface area contributed by atoms with Crippen LogP contribution in [0.3, 0.4) is 0 Å². The third-order valence-electron chi connectivity index (χ3n) is 5.93. The molecule has 6 nitrogen and oxygen atoms in total. The van der Waals surface area contributed by atoms with Gasteiger partial charge in [0.05, 0.1) is 10.6 Å². The van der Waals surface area contributed by atoms with E-state index in [0.717, 1.165) is 26.1 Å². The highest BCUT2D eigenvalue weighted by Gasteiger charge is 2.22. The highest BCUT2D eigenvalue weighted by atomic mass is 32.2. The topological polar surface area (TPSA) is 69.7 Å². The van der Waals surface area contributed by atoms with Gasteiger partial charge in [0.25, 0.3) is 15.9 Å². The maximum absolute atomic E-state index is 13.8. The Balaban J connectivity index is 1.38. The molecular formula is C26H28FN3O3S. The van der Waals surface area contributed by atoms with E-state index in [1.54, 1.807) is 6.07 Å². The molecule has 0 spiro atoms. The molecule has 3 aromatic carbocycles. The van der Waals surface area contributed by atoms with Crippen molar-refractivity contribution in [1.29, 1.82) is 0 Å². The number of nitrogens with one attached hydrogen (secondary N) is 1. The highest BCUT2D eigenvalue weighted by molar-refractivity contribution is 7.92. The van der Waals surface area contributed by atoms with Crippen LogP contribution in [0.25, 0.3) is 0 Å². The minimum atomic E-state index is -3.97. The number of halogens is 1. The molecule has 1 aliphatic rings. The lowest BCUT2D eigenvalue weighted by atomic mass is 10.1. The van der Waals surface area contributed by atoms with Crippen LogP contribution in [0.1, 0.15) is 27.9 Å². The van der Waals surface area contributed by atoms with Gasteiger partial charge in [-0.2, -0.15) is 0 Å². The van der Waals surface area contributed by atoms with Crippen molar-refractivity contribution in [1.82, 2.24) is 9.80 Å². The molecule has 1 aliphatic heterocycles. The second-order valence-corrected chi connectivity index (χ2v) is 10.2. The van der Waals surface area contributed by atoms with Crippen molar-refractivity contribution in [3.63, 3.8) is 0 Å². The van der Waals surface area contributed by atoms with Crippen LogP contribution in [0, 0.1) is 12.7 Å². The quantitative estimate of drug-likeness (QED) is 0.571. The van der Waals surface area contributed by atoms with Crippen molar-refractivity contribution in [2.45, 2.75) is 24.8 Å². The number of carbonyl (C=O) groups excluding carboxylic acids is 1. The summed E-state index contributed by atoms with van der Waals surface area (Å²) in [4.78, 5) is 17.2. The molecule has 8 heteroatoms. The van der Waals surface area contributed by atoms with E-state index in [4.69, 9.17) is 0 Å². The highest BCUT2D eigenvalue weighted by Crippen LogP contribution is 2.20. The number of amides is 1. The van der Waals surface area contributed by atoms with Gasteiger partial charge in [-0.15, -0.1) is 0 Å². The summed E-state index contributed by atoms with van der Waals surface area (Å²) in [5, 5.41) is 0. The number of carbonyl (C=O) groups is 1. The lowest BCUT2D eigenvalue weighted by Crippen LogP contribution is -2.35. The SMILES string of the molecule is Cc1ccc(CN2CCCN(C(=O)c3ccc(S(=O)(=O)Nc4ccccc4F)cc3)CC2)cc1. The Morgan fingerprint density at radius 3 is 2.32 bits per heavy atom. The number of benzene rings is 3. The normalized spacial score (nSPS) is 15.1. The van der Waals surface area contributed by atoms with Crippen molar-refractivity contribution in [3.05, 3.63) is 95.3 Å². The summed E-state index contributed by atoms with van der Waals surface area (Å²) in [5.74, 6) is -0.779. The average molecular weight is 482 g/mol. The van der Waals surface area contributed by atoms with E-state index in [0.29, 0.717) is 18.7 Å². The molecule has 0 unspecified atom stereocenters. The summed E-state index contributed by atoms with van der Waals surface area (Å²) in [6.07, 6.45) is 0.872. The van der Waals surface area contributed by atoms with Crippen LogP contribution in [-0.4, -0.2) is 50.3 Å². The van der Waals surface area contributed by atoms with E-state index in [-0.39, 0.29) is 16.5 Å². The van der Waals surface area contributed by atoms with Crippen molar-refractivity contribution < 1.29 is 17.6 Å². The third kappa shape index (κ3) is 5.81. The Hall–Kier alpha value is -3.23. The number of sulfonamides is 1. The van der Waals surface area contributed by atoms with E-state index < -0.39 is 15.8 Å². The maximum atomic E-state index is 13.8. The summed E-state index contributed by atoms with van der Waals surface area (Å²) in [6.45, 7) is 5.87. The number of nitrogens with zero attached hydrogens (tertiary/aromatic N) is 2. The fraction of sp³-hybridized carbons (Fsp3) is 0.269. The van der Waals surface area contributed by atoms with Gasteiger partial charge >= 0.3 is 0 Å². The monoisotopic (exact) mass is 481 g/mol. The molecule has 0 radical (unpaired) electrons. The van der Waals surface area contributed by atoms with E-state index in [9.17, 15) is 17.6 Å². The Labute approximate surface area is 200 Å². The van der Waals surface area contributed by atoms with Crippen LogP contribution < -0.4 is 4.72 Å². The third-order valence-corrected chi connectivity index (χ3v) is 7.31. The van der Waals surface area contributed by atoms with Crippen LogP contribution in [0.15, 0.2) is 77.7 Å². The molecule has 178 valence electrons. The maximum Gasteiger partial charge on any atom is 0.261 e. The summed E-state index contributed by atoms with van der Waals surface area (Å²) in [7, 11) is -3.97. The van der Waals surface area contributed by atoms with Gasteiger partial charge in [-0.3, -0.25) is 14.4 Å². The van der Waals surface area contributed by atoms with Gasteiger partial charge in [0.2, 0.25) is 0 Å². The second kappa shape index (κ2) is 10.4. The molecule has 0 aromatic heterocycles. The lowest BCUT2D eigenvalue weighted by Gasteiger charge is -2.22. The Kier molecular flexibility index (Phi) is 7.29. The van der Waals surface area contributed by atoms with Gasteiger partial charge in [-0.1, -0.05) is 42.0 Å². The zero-order chi connectivity index (χ0) is 24.1. The summed E-state index contributed by atoms with van der Waals surface area (Å²) >= 11 is 0. The number of rotatable bonds is 6. The lowest BCUT2D eigenvalue weighted by molar-refractivity contribution is 0.0761. The first-order valence-electron chi connectivity index (χ1n) is 11.3. The molecule has 0 bridgehead atoms. The average Bonchev–Trinajstić information content (AvgIpc) is 3.07. The van der Waals surface area contributed by atoms with Crippen LogP contribution in [0.5, 0.6) is 0 Å². The number of hydrogen-bond donors (Lipinski definition) is 1. The molecule has 1 heterocycles. The van der Waals surface area contributed by atoms with Gasteiger partial charge in [-0.25, -0.2) is 12.8 Å². The number of aryl methyl sites for hydroxylation is 1. The molecule has 1 saturated heterocycles. The summed E-state index contributed by atoms with van der Waals surface area (Å²) < 4.78 is 41.3. The van der Waals surface area contributed by atoms with E-state index in [2.05, 4.69) is 40.8 Å². The van der Waals surface area contributed by atoms with Gasteiger partial charge in [-0.05, 0) is 55.3 Å². The largest absolute Gasteiger partial charge is 0.337 e. The fourth-order valence-corrected chi connectivity index (χ4v) is 5.06. The van der Waals surface area contributed by atoms with Gasteiger partial charge in [0.15, 0.2) is 0 Å². The molecule has 1 amide bonds.